The third kappa shape index (κ3) is 3.85. The summed E-state index contributed by atoms with van der Waals surface area (Å²) >= 11 is 1.47. The number of carbonyl (C=O) groups excluding carboxylic acids is 1. The average Bonchev–Trinajstić information content (AvgIpc) is 2.57. The first-order valence-electron chi connectivity index (χ1n) is 8.31. The van der Waals surface area contributed by atoms with Crippen molar-refractivity contribution in [2.24, 2.45) is 0 Å². The molecule has 4 heteroatoms. The van der Waals surface area contributed by atoms with Crippen LogP contribution in [0.5, 0.6) is 0 Å². The second-order valence-electron chi connectivity index (χ2n) is 6.35. The minimum absolute atomic E-state index is 0.00765. The van der Waals surface area contributed by atoms with Gasteiger partial charge in [-0.1, -0.05) is 48.2 Å². The highest BCUT2D eigenvalue weighted by Gasteiger charge is 2.10. The van der Waals surface area contributed by atoms with Gasteiger partial charge in [0.15, 0.2) is 0 Å². The lowest BCUT2D eigenvalue weighted by atomic mass is 10.1. The molecule has 25 heavy (non-hydrogen) atoms. The van der Waals surface area contributed by atoms with Crippen LogP contribution in [0.2, 0.25) is 0 Å². The molecule has 1 heterocycles. The minimum atomic E-state index is -0.00765. The molecule has 128 valence electrons. The molecule has 3 nitrogen and oxygen atoms in total. The van der Waals surface area contributed by atoms with E-state index in [0.29, 0.717) is 5.75 Å². The van der Waals surface area contributed by atoms with E-state index >= 15 is 0 Å². The van der Waals surface area contributed by atoms with Gasteiger partial charge in [0.05, 0.1) is 16.3 Å². The van der Waals surface area contributed by atoms with Gasteiger partial charge in [-0.15, -0.1) is 0 Å². The fourth-order valence-electron chi connectivity index (χ4n) is 2.93. The van der Waals surface area contributed by atoms with E-state index < -0.39 is 0 Å². The van der Waals surface area contributed by atoms with Gasteiger partial charge in [-0.2, -0.15) is 0 Å². The number of fused-ring (bicyclic) bond motifs is 1. The third-order valence-electron chi connectivity index (χ3n) is 4.32. The molecular formula is C21H22N2OS. The van der Waals surface area contributed by atoms with Crippen LogP contribution in [0.4, 0.5) is 5.69 Å². The van der Waals surface area contributed by atoms with E-state index in [1.807, 2.05) is 32.0 Å². The molecule has 0 radical (unpaired) electrons. The second-order valence-corrected chi connectivity index (χ2v) is 7.35. The van der Waals surface area contributed by atoms with Crippen LogP contribution < -0.4 is 5.32 Å². The number of para-hydroxylation sites is 2. The molecule has 0 atom stereocenters. The van der Waals surface area contributed by atoms with Crippen LogP contribution in [0.1, 0.15) is 22.3 Å². The Labute approximate surface area is 152 Å². The number of amides is 1. The monoisotopic (exact) mass is 350 g/mol. The standard InChI is InChI=1S/C21H22N2OS/c1-13-7-5-8-14(2)20(13)22-18(24)12-25-19-11-16(4)17-10-6-9-15(3)21(17)23-19/h5-11H,12H2,1-4H3,(H,22,24). The average molecular weight is 350 g/mol. The predicted octanol–water partition coefficient (Wildman–Crippen LogP) is 5.20. The van der Waals surface area contributed by atoms with Gasteiger partial charge >= 0.3 is 0 Å². The quantitative estimate of drug-likeness (QED) is 0.658. The van der Waals surface area contributed by atoms with Gasteiger partial charge in [0.2, 0.25) is 5.91 Å². The summed E-state index contributed by atoms with van der Waals surface area (Å²) in [6.07, 6.45) is 0. The number of aromatic nitrogens is 1. The Morgan fingerprint density at radius 2 is 1.60 bits per heavy atom. The normalized spacial score (nSPS) is 10.9. The van der Waals surface area contributed by atoms with Crippen LogP contribution >= 0.6 is 11.8 Å². The number of rotatable bonds is 4. The number of thioether (sulfide) groups is 1. The number of benzene rings is 2. The Morgan fingerprint density at radius 3 is 2.32 bits per heavy atom. The smallest absolute Gasteiger partial charge is 0.234 e. The van der Waals surface area contributed by atoms with Crippen molar-refractivity contribution in [3.63, 3.8) is 0 Å². The fraction of sp³-hybridized carbons (Fsp3) is 0.238. The highest BCUT2D eigenvalue weighted by atomic mass is 32.2. The number of hydrogen-bond donors (Lipinski definition) is 1. The van der Waals surface area contributed by atoms with E-state index in [-0.39, 0.29) is 5.91 Å². The molecular weight excluding hydrogens is 328 g/mol. The van der Waals surface area contributed by atoms with Crippen molar-refractivity contribution in [2.75, 3.05) is 11.1 Å². The van der Waals surface area contributed by atoms with Crippen molar-refractivity contribution in [3.05, 3.63) is 64.7 Å². The van der Waals surface area contributed by atoms with Crippen LogP contribution in [0.3, 0.4) is 0 Å². The zero-order chi connectivity index (χ0) is 18.0. The molecule has 3 rings (SSSR count). The molecule has 0 aliphatic rings. The van der Waals surface area contributed by atoms with Crippen LogP contribution in [-0.4, -0.2) is 16.6 Å². The molecule has 3 aromatic rings. The zero-order valence-electron chi connectivity index (χ0n) is 15.0. The molecule has 0 unspecified atom stereocenters. The lowest BCUT2D eigenvalue weighted by Gasteiger charge is -2.12. The maximum atomic E-state index is 12.3. The number of nitrogens with one attached hydrogen (secondary N) is 1. The molecule has 0 aliphatic heterocycles. The SMILES string of the molecule is Cc1cccc(C)c1NC(=O)CSc1cc(C)c2cccc(C)c2n1. The highest BCUT2D eigenvalue weighted by Crippen LogP contribution is 2.26. The van der Waals surface area contributed by atoms with Crippen LogP contribution in [-0.2, 0) is 4.79 Å². The molecule has 1 aromatic heterocycles. The molecule has 0 saturated heterocycles. The van der Waals surface area contributed by atoms with Crippen LogP contribution in [0, 0.1) is 27.7 Å². The maximum absolute atomic E-state index is 12.3. The molecule has 0 spiro atoms. The molecule has 1 N–H and O–H groups in total. The molecule has 0 fully saturated rings. The summed E-state index contributed by atoms with van der Waals surface area (Å²) in [6.45, 7) is 8.17. The number of hydrogen-bond acceptors (Lipinski definition) is 3. The van der Waals surface area contributed by atoms with Crippen molar-refractivity contribution >= 4 is 34.3 Å². The van der Waals surface area contributed by atoms with Gasteiger partial charge < -0.3 is 5.32 Å². The Morgan fingerprint density at radius 1 is 0.960 bits per heavy atom. The Kier molecular flexibility index (Phi) is 5.09. The molecule has 1 amide bonds. The first-order valence-corrected chi connectivity index (χ1v) is 9.30. The van der Waals surface area contributed by atoms with Crippen molar-refractivity contribution in [3.8, 4) is 0 Å². The Balaban J connectivity index is 1.74. The first kappa shape index (κ1) is 17.5. The maximum Gasteiger partial charge on any atom is 0.234 e. The number of pyridine rings is 1. The summed E-state index contributed by atoms with van der Waals surface area (Å²) < 4.78 is 0. The number of nitrogens with zero attached hydrogens (tertiary/aromatic N) is 1. The largest absolute Gasteiger partial charge is 0.325 e. The molecule has 0 bridgehead atoms. The minimum Gasteiger partial charge on any atom is -0.325 e. The Bertz CT molecular complexity index is 930. The second kappa shape index (κ2) is 7.28. The fourth-order valence-corrected chi connectivity index (χ4v) is 3.70. The summed E-state index contributed by atoms with van der Waals surface area (Å²) in [6, 6.07) is 14.3. The van der Waals surface area contributed by atoms with Crippen molar-refractivity contribution in [1.29, 1.82) is 0 Å². The van der Waals surface area contributed by atoms with Crippen molar-refractivity contribution < 1.29 is 4.79 Å². The summed E-state index contributed by atoms with van der Waals surface area (Å²) in [5.41, 5.74) is 6.42. The van der Waals surface area contributed by atoms with Gasteiger partial charge in [0.1, 0.15) is 0 Å². The summed E-state index contributed by atoms with van der Waals surface area (Å²) in [7, 11) is 0. The van der Waals surface area contributed by atoms with Gasteiger partial charge in [-0.3, -0.25) is 4.79 Å². The predicted molar refractivity (Wildman–Crippen MR) is 106 cm³/mol. The van der Waals surface area contributed by atoms with Crippen LogP contribution in [0.25, 0.3) is 10.9 Å². The number of carbonyl (C=O) groups is 1. The van der Waals surface area contributed by atoms with E-state index in [1.165, 1.54) is 22.7 Å². The number of aryl methyl sites for hydroxylation is 4. The first-order chi connectivity index (χ1) is 12.0. The van der Waals surface area contributed by atoms with E-state index in [2.05, 4.69) is 43.4 Å². The van der Waals surface area contributed by atoms with Gasteiger partial charge in [-0.05, 0) is 56.0 Å². The van der Waals surface area contributed by atoms with E-state index in [9.17, 15) is 4.79 Å². The topological polar surface area (TPSA) is 42.0 Å². The van der Waals surface area contributed by atoms with E-state index in [1.54, 1.807) is 0 Å². The summed E-state index contributed by atoms with van der Waals surface area (Å²) in [5.74, 6) is 0.337. The molecule has 2 aromatic carbocycles. The molecule has 0 aliphatic carbocycles. The van der Waals surface area contributed by atoms with Gasteiger partial charge in [-0.25, -0.2) is 4.98 Å². The zero-order valence-corrected chi connectivity index (χ0v) is 15.8. The van der Waals surface area contributed by atoms with Crippen molar-refractivity contribution in [2.45, 2.75) is 32.7 Å². The highest BCUT2D eigenvalue weighted by molar-refractivity contribution is 7.99. The number of anilines is 1. The lowest BCUT2D eigenvalue weighted by Crippen LogP contribution is -2.15. The van der Waals surface area contributed by atoms with Crippen LogP contribution in [0.15, 0.2) is 47.5 Å². The summed E-state index contributed by atoms with van der Waals surface area (Å²) in [5, 5.41) is 5.08. The summed E-state index contributed by atoms with van der Waals surface area (Å²) in [4.78, 5) is 17.1. The molecule has 0 saturated carbocycles. The van der Waals surface area contributed by atoms with E-state index in [4.69, 9.17) is 4.98 Å². The lowest BCUT2D eigenvalue weighted by molar-refractivity contribution is -0.113. The Hall–Kier alpha value is -2.33. The van der Waals surface area contributed by atoms with Gasteiger partial charge in [0.25, 0.3) is 0 Å². The van der Waals surface area contributed by atoms with Gasteiger partial charge in [0, 0.05) is 11.1 Å². The van der Waals surface area contributed by atoms with E-state index in [0.717, 1.165) is 32.9 Å². The third-order valence-corrected chi connectivity index (χ3v) is 5.23. The van der Waals surface area contributed by atoms with Crippen molar-refractivity contribution in [1.82, 2.24) is 4.98 Å².